The smallest absolute Gasteiger partial charge is 0.226 e. The van der Waals surface area contributed by atoms with Gasteiger partial charge < -0.3 is 19.7 Å². The molecular formula is C20H26N2O4. The quantitative estimate of drug-likeness (QED) is 0.879. The molecule has 26 heavy (non-hydrogen) atoms. The monoisotopic (exact) mass is 358 g/mol. The summed E-state index contributed by atoms with van der Waals surface area (Å²) in [6, 6.07) is 7.90. The Labute approximate surface area is 153 Å². The molecule has 6 heteroatoms. The van der Waals surface area contributed by atoms with Gasteiger partial charge in [-0.3, -0.25) is 9.59 Å². The fourth-order valence-corrected chi connectivity index (χ4v) is 4.31. The third kappa shape index (κ3) is 3.30. The lowest BCUT2D eigenvalue weighted by Crippen LogP contribution is -2.53. The van der Waals surface area contributed by atoms with Crippen LogP contribution in [0.5, 0.6) is 5.75 Å². The van der Waals surface area contributed by atoms with Crippen molar-refractivity contribution in [2.75, 3.05) is 26.3 Å². The van der Waals surface area contributed by atoms with E-state index < -0.39 is 0 Å². The molecule has 2 fully saturated rings. The van der Waals surface area contributed by atoms with Gasteiger partial charge in [-0.1, -0.05) is 18.2 Å². The third-order valence-corrected chi connectivity index (χ3v) is 5.93. The molecule has 2 saturated heterocycles. The molecule has 0 saturated carbocycles. The average Bonchev–Trinajstić information content (AvgIpc) is 3.17. The summed E-state index contributed by atoms with van der Waals surface area (Å²) in [6.07, 6.45) is 3.12. The zero-order chi connectivity index (χ0) is 18.1. The molecule has 0 unspecified atom stereocenters. The van der Waals surface area contributed by atoms with Crippen LogP contribution in [-0.2, 0) is 14.3 Å². The molecule has 2 atom stereocenters. The number of ether oxygens (including phenoxy) is 2. The number of hydrogen-bond donors (Lipinski definition) is 1. The van der Waals surface area contributed by atoms with Gasteiger partial charge in [0.25, 0.3) is 0 Å². The summed E-state index contributed by atoms with van der Waals surface area (Å²) in [4.78, 5) is 26.2. The topological polar surface area (TPSA) is 67.9 Å². The Morgan fingerprint density at radius 1 is 1.23 bits per heavy atom. The zero-order valence-corrected chi connectivity index (χ0v) is 15.2. The first-order valence-corrected chi connectivity index (χ1v) is 9.48. The first-order chi connectivity index (χ1) is 12.6. The number of rotatable bonds is 2. The van der Waals surface area contributed by atoms with Crippen LogP contribution in [0.1, 0.15) is 44.2 Å². The number of para-hydroxylation sites is 1. The molecule has 0 bridgehead atoms. The SMILES string of the molecule is CC(=O)N1CCC2(CC1)C[C@@H](NC(=O)[C@@H]1CCOC1)c1ccccc1O2. The molecule has 1 aromatic rings. The van der Waals surface area contributed by atoms with Crippen molar-refractivity contribution in [3.05, 3.63) is 29.8 Å². The van der Waals surface area contributed by atoms with Gasteiger partial charge in [-0.05, 0) is 12.5 Å². The molecule has 0 aliphatic carbocycles. The Morgan fingerprint density at radius 3 is 2.69 bits per heavy atom. The van der Waals surface area contributed by atoms with Gasteiger partial charge in [-0.2, -0.15) is 0 Å². The van der Waals surface area contributed by atoms with Crippen LogP contribution >= 0.6 is 0 Å². The van der Waals surface area contributed by atoms with Crippen molar-refractivity contribution in [2.24, 2.45) is 5.92 Å². The summed E-state index contributed by atoms with van der Waals surface area (Å²) in [6.45, 7) is 4.19. The molecule has 1 N–H and O–H groups in total. The van der Waals surface area contributed by atoms with Crippen molar-refractivity contribution in [1.29, 1.82) is 0 Å². The summed E-state index contributed by atoms with van der Waals surface area (Å²) in [5.41, 5.74) is 0.726. The number of fused-ring (bicyclic) bond motifs is 1. The molecule has 3 heterocycles. The highest BCUT2D eigenvalue weighted by atomic mass is 16.5. The number of carbonyl (C=O) groups excluding carboxylic acids is 2. The van der Waals surface area contributed by atoms with E-state index in [0.29, 0.717) is 26.3 Å². The van der Waals surface area contributed by atoms with Crippen molar-refractivity contribution in [3.63, 3.8) is 0 Å². The Hall–Kier alpha value is -2.08. The fourth-order valence-electron chi connectivity index (χ4n) is 4.31. The van der Waals surface area contributed by atoms with Crippen molar-refractivity contribution in [2.45, 2.75) is 44.2 Å². The van der Waals surface area contributed by atoms with Crippen molar-refractivity contribution in [3.8, 4) is 5.75 Å². The van der Waals surface area contributed by atoms with Crippen LogP contribution in [0.2, 0.25) is 0 Å². The first kappa shape index (κ1) is 17.3. The number of carbonyl (C=O) groups is 2. The number of benzene rings is 1. The highest BCUT2D eigenvalue weighted by molar-refractivity contribution is 5.79. The Bertz CT molecular complexity index is 691. The van der Waals surface area contributed by atoms with Crippen LogP contribution in [-0.4, -0.2) is 48.6 Å². The van der Waals surface area contributed by atoms with Gasteiger partial charge in [0.2, 0.25) is 11.8 Å². The Morgan fingerprint density at radius 2 is 2.00 bits per heavy atom. The molecule has 2 amide bonds. The zero-order valence-electron chi connectivity index (χ0n) is 15.2. The predicted molar refractivity (Wildman–Crippen MR) is 95.7 cm³/mol. The average molecular weight is 358 g/mol. The minimum Gasteiger partial charge on any atom is -0.487 e. The molecule has 6 nitrogen and oxygen atoms in total. The number of hydrogen-bond acceptors (Lipinski definition) is 4. The molecule has 1 aromatic carbocycles. The Kier molecular flexibility index (Phi) is 4.61. The summed E-state index contributed by atoms with van der Waals surface area (Å²) in [7, 11) is 0. The second kappa shape index (κ2) is 6.91. The van der Waals surface area contributed by atoms with Gasteiger partial charge >= 0.3 is 0 Å². The lowest BCUT2D eigenvalue weighted by molar-refractivity contribution is -0.133. The third-order valence-electron chi connectivity index (χ3n) is 5.93. The molecule has 140 valence electrons. The second-order valence-electron chi connectivity index (χ2n) is 7.65. The Balaban J connectivity index is 1.53. The summed E-state index contributed by atoms with van der Waals surface area (Å²) in [5.74, 6) is 0.978. The molecule has 3 aliphatic rings. The van der Waals surface area contributed by atoms with Crippen LogP contribution in [0, 0.1) is 5.92 Å². The van der Waals surface area contributed by atoms with Gasteiger partial charge in [0.1, 0.15) is 11.4 Å². The first-order valence-electron chi connectivity index (χ1n) is 9.48. The van der Waals surface area contributed by atoms with E-state index in [1.165, 1.54) is 0 Å². The molecule has 3 aliphatic heterocycles. The lowest BCUT2D eigenvalue weighted by atomic mass is 9.80. The maximum absolute atomic E-state index is 12.7. The van der Waals surface area contributed by atoms with Crippen molar-refractivity contribution < 1.29 is 19.1 Å². The van der Waals surface area contributed by atoms with E-state index in [0.717, 1.165) is 37.0 Å². The van der Waals surface area contributed by atoms with Crippen molar-refractivity contribution >= 4 is 11.8 Å². The van der Waals surface area contributed by atoms with Gasteiger partial charge in [-0.25, -0.2) is 0 Å². The normalized spacial score (nSPS) is 26.9. The van der Waals surface area contributed by atoms with E-state index in [4.69, 9.17) is 9.47 Å². The number of piperidine rings is 1. The minimum atomic E-state index is -0.315. The fraction of sp³-hybridized carbons (Fsp3) is 0.600. The highest BCUT2D eigenvalue weighted by Gasteiger charge is 2.44. The van der Waals surface area contributed by atoms with E-state index in [1.807, 2.05) is 29.2 Å². The van der Waals surface area contributed by atoms with Gasteiger partial charge in [0.05, 0.1) is 18.6 Å². The van der Waals surface area contributed by atoms with Crippen LogP contribution in [0.4, 0.5) is 0 Å². The predicted octanol–water partition coefficient (Wildman–Crippen LogP) is 2.04. The van der Waals surface area contributed by atoms with Crippen LogP contribution in [0.15, 0.2) is 24.3 Å². The largest absolute Gasteiger partial charge is 0.487 e. The van der Waals surface area contributed by atoms with E-state index >= 15 is 0 Å². The summed E-state index contributed by atoms with van der Waals surface area (Å²) >= 11 is 0. The maximum Gasteiger partial charge on any atom is 0.226 e. The number of nitrogens with one attached hydrogen (secondary N) is 1. The number of likely N-dealkylation sites (tertiary alicyclic amines) is 1. The number of amides is 2. The van der Waals surface area contributed by atoms with Crippen LogP contribution < -0.4 is 10.1 Å². The minimum absolute atomic E-state index is 0.0551. The van der Waals surface area contributed by atoms with E-state index in [1.54, 1.807) is 6.92 Å². The maximum atomic E-state index is 12.7. The molecule has 0 radical (unpaired) electrons. The lowest BCUT2D eigenvalue weighted by Gasteiger charge is -2.47. The number of nitrogens with zero attached hydrogens (tertiary/aromatic N) is 1. The molecular weight excluding hydrogens is 332 g/mol. The van der Waals surface area contributed by atoms with Crippen LogP contribution in [0.25, 0.3) is 0 Å². The van der Waals surface area contributed by atoms with E-state index in [-0.39, 0.29) is 29.4 Å². The molecule has 0 aromatic heterocycles. The molecule has 1 spiro atoms. The highest BCUT2D eigenvalue weighted by Crippen LogP contribution is 2.44. The second-order valence-corrected chi connectivity index (χ2v) is 7.65. The van der Waals surface area contributed by atoms with E-state index in [2.05, 4.69) is 5.32 Å². The van der Waals surface area contributed by atoms with Gasteiger partial charge in [0.15, 0.2) is 0 Å². The van der Waals surface area contributed by atoms with Crippen molar-refractivity contribution in [1.82, 2.24) is 10.2 Å². The van der Waals surface area contributed by atoms with Gasteiger partial charge in [0, 0.05) is 51.4 Å². The van der Waals surface area contributed by atoms with Gasteiger partial charge in [-0.15, -0.1) is 0 Å². The summed E-state index contributed by atoms with van der Waals surface area (Å²) in [5, 5.41) is 3.24. The van der Waals surface area contributed by atoms with Crippen LogP contribution in [0.3, 0.4) is 0 Å². The van der Waals surface area contributed by atoms with E-state index in [9.17, 15) is 9.59 Å². The summed E-state index contributed by atoms with van der Waals surface area (Å²) < 4.78 is 11.8. The molecule has 4 rings (SSSR count). The standard InChI is InChI=1S/C20H26N2O4/c1-14(23)22-9-7-20(8-10-22)12-17(16-4-2-3-5-18(16)26-20)21-19(24)15-6-11-25-13-15/h2-5,15,17H,6-13H2,1H3,(H,21,24)/t15-,17-/m1/s1.